The lowest BCUT2D eigenvalue weighted by molar-refractivity contribution is 0.415. The zero-order valence-electron chi connectivity index (χ0n) is 14.1. The second kappa shape index (κ2) is 6.66. The number of methoxy groups -OCH3 is 1. The van der Waals surface area contributed by atoms with Crippen molar-refractivity contribution in [3.63, 3.8) is 0 Å². The van der Waals surface area contributed by atoms with Crippen LogP contribution in [0.25, 0.3) is 10.9 Å². The van der Waals surface area contributed by atoms with Crippen molar-refractivity contribution >= 4 is 22.3 Å². The van der Waals surface area contributed by atoms with Crippen molar-refractivity contribution in [3.8, 4) is 5.75 Å². The van der Waals surface area contributed by atoms with Gasteiger partial charge in [-0.1, -0.05) is 0 Å². The number of pyridine rings is 1. The van der Waals surface area contributed by atoms with E-state index in [0.717, 1.165) is 28.0 Å². The number of nitrogens with zero attached hydrogens (tertiary/aromatic N) is 1. The first-order chi connectivity index (χ1) is 11.6. The van der Waals surface area contributed by atoms with E-state index in [1.54, 1.807) is 7.11 Å². The minimum atomic E-state index is -0.0786. The Labute approximate surface area is 140 Å². The van der Waals surface area contributed by atoms with E-state index < -0.39 is 0 Å². The van der Waals surface area contributed by atoms with Gasteiger partial charge in [0.25, 0.3) is 5.56 Å². The van der Waals surface area contributed by atoms with Crippen molar-refractivity contribution in [1.29, 1.82) is 0 Å². The first-order valence-corrected chi connectivity index (χ1v) is 7.78. The summed E-state index contributed by atoms with van der Waals surface area (Å²) in [5.41, 5.74) is 3.53. The molecule has 0 saturated heterocycles. The van der Waals surface area contributed by atoms with E-state index >= 15 is 0 Å². The molecule has 0 aliphatic heterocycles. The standard InChI is InChI=1S/C19H21N3O2/c1-22(2)16-6-4-15(5-7-16)20-12-14-10-13-11-17(24-3)8-9-18(13)21-19(14)23/h4-11,20H,12H2,1-3H3,(H,21,23). The largest absolute Gasteiger partial charge is 0.497 e. The number of nitrogens with one attached hydrogen (secondary N) is 2. The van der Waals surface area contributed by atoms with Crippen LogP contribution in [0.1, 0.15) is 5.56 Å². The molecule has 0 aliphatic rings. The third kappa shape index (κ3) is 3.35. The molecule has 0 saturated carbocycles. The molecule has 2 aromatic carbocycles. The first-order valence-electron chi connectivity index (χ1n) is 7.78. The summed E-state index contributed by atoms with van der Waals surface area (Å²) in [6.07, 6.45) is 0. The molecule has 5 nitrogen and oxygen atoms in total. The number of anilines is 2. The van der Waals surface area contributed by atoms with Crippen LogP contribution in [0.15, 0.2) is 53.3 Å². The fourth-order valence-corrected chi connectivity index (χ4v) is 2.56. The molecular formula is C19H21N3O2. The van der Waals surface area contributed by atoms with Gasteiger partial charge in [-0.2, -0.15) is 0 Å². The van der Waals surface area contributed by atoms with Gasteiger partial charge in [0.2, 0.25) is 0 Å². The lowest BCUT2D eigenvalue weighted by atomic mass is 10.1. The number of hydrogen-bond acceptors (Lipinski definition) is 4. The van der Waals surface area contributed by atoms with Gasteiger partial charge < -0.3 is 19.9 Å². The first kappa shape index (κ1) is 15.9. The van der Waals surface area contributed by atoms with Crippen LogP contribution >= 0.6 is 0 Å². The molecule has 0 unspecified atom stereocenters. The lowest BCUT2D eigenvalue weighted by Crippen LogP contribution is -2.15. The van der Waals surface area contributed by atoms with Crippen LogP contribution in [0.3, 0.4) is 0 Å². The fraction of sp³-hybridized carbons (Fsp3) is 0.211. The molecule has 1 aromatic heterocycles. The third-order valence-electron chi connectivity index (χ3n) is 3.99. The van der Waals surface area contributed by atoms with Gasteiger partial charge in [-0.25, -0.2) is 0 Å². The summed E-state index contributed by atoms with van der Waals surface area (Å²) in [6, 6.07) is 15.6. The summed E-state index contributed by atoms with van der Waals surface area (Å²) >= 11 is 0. The van der Waals surface area contributed by atoms with E-state index in [-0.39, 0.29) is 5.56 Å². The van der Waals surface area contributed by atoms with Gasteiger partial charge in [-0.3, -0.25) is 4.79 Å². The van der Waals surface area contributed by atoms with Crippen molar-refractivity contribution in [1.82, 2.24) is 4.98 Å². The Kier molecular flexibility index (Phi) is 4.42. The highest BCUT2D eigenvalue weighted by atomic mass is 16.5. The molecule has 1 heterocycles. The van der Waals surface area contributed by atoms with Gasteiger partial charge in [-0.05, 0) is 48.5 Å². The number of benzene rings is 2. The molecule has 0 radical (unpaired) electrons. The van der Waals surface area contributed by atoms with Crippen LogP contribution in [0.5, 0.6) is 5.75 Å². The zero-order chi connectivity index (χ0) is 17.1. The minimum Gasteiger partial charge on any atom is -0.497 e. The van der Waals surface area contributed by atoms with Crippen LogP contribution in [-0.2, 0) is 6.54 Å². The lowest BCUT2D eigenvalue weighted by Gasteiger charge is -2.13. The summed E-state index contributed by atoms with van der Waals surface area (Å²) in [6.45, 7) is 0.462. The molecule has 3 aromatic rings. The predicted molar refractivity (Wildman–Crippen MR) is 99.2 cm³/mol. The molecule has 24 heavy (non-hydrogen) atoms. The number of fused-ring (bicyclic) bond motifs is 1. The number of hydrogen-bond donors (Lipinski definition) is 2. The van der Waals surface area contributed by atoms with Crippen molar-refractivity contribution in [3.05, 3.63) is 64.4 Å². The molecule has 2 N–H and O–H groups in total. The quantitative estimate of drug-likeness (QED) is 0.757. The smallest absolute Gasteiger partial charge is 0.253 e. The SMILES string of the molecule is COc1ccc2[nH]c(=O)c(CNc3ccc(N(C)C)cc3)cc2c1. The van der Waals surface area contributed by atoms with Gasteiger partial charge in [0.15, 0.2) is 0 Å². The Balaban J connectivity index is 1.81. The van der Waals surface area contributed by atoms with Crippen LogP contribution in [-0.4, -0.2) is 26.2 Å². The van der Waals surface area contributed by atoms with Crippen LogP contribution in [0.4, 0.5) is 11.4 Å². The highest BCUT2D eigenvalue weighted by Crippen LogP contribution is 2.20. The molecule has 0 bridgehead atoms. The van der Waals surface area contributed by atoms with Gasteiger partial charge in [-0.15, -0.1) is 0 Å². The number of H-pyrrole nitrogens is 1. The highest BCUT2D eigenvalue weighted by molar-refractivity contribution is 5.80. The average molecular weight is 323 g/mol. The van der Waals surface area contributed by atoms with Gasteiger partial charge in [0, 0.05) is 48.5 Å². The van der Waals surface area contributed by atoms with Crippen molar-refractivity contribution in [2.45, 2.75) is 6.54 Å². The molecule has 124 valence electrons. The minimum absolute atomic E-state index is 0.0786. The molecule has 0 amide bonds. The Hall–Kier alpha value is -2.95. The second-order valence-corrected chi connectivity index (χ2v) is 5.87. The van der Waals surface area contributed by atoms with Crippen molar-refractivity contribution in [2.24, 2.45) is 0 Å². The van der Waals surface area contributed by atoms with Gasteiger partial charge in [0.1, 0.15) is 5.75 Å². The number of aromatic amines is 1. The van der Waals surface area contributed by atoms with Crippen LogP contribution in [0.2, 0.25) is 0 Å². The van der Waals surface area contributed by atoms with E-state index in [2.05, 4.69) is 10.3 Å². The third-order valence-corrected chi connectivity index (χ3v) is 3.99. The number of ether oxygens (including phenoxy) is 1. The number of rotatable bonds is 5. The molecule has 3 rings (SSSR count). The van der Waals surface area contributed by atoms with Gasteiger partial charge in [0.05, 0.1) is 7.11 Å². The van der Waals surface area contributed by atoms with Crippen molar-refractivity contribution in [2.75, 3.05) is 31.4 Å². The second-order valence-electron chi connectivity index (χ2n) is 5.87. The fourth-order valence-electron chi connectivity index (χ4n) is 2.56. The van der Waals surface area contributed by atoms with E-state index in [1.165, 1.54) is 0 Å². The van der Waals surface area contributed by atoms with E-state index in [9.17, 15) is 4.79 Å². The van der Waals surface area contributed by atoms with Crippen LogP contribution in [0, 0.1) is 0 Å². The summed E-state index contributed by atoms with van der Waals surface area (Å²) in [5, 5.41) is 4.24. The predicted octanol–water partition coefficient (Wildman–Crippen LogP) is 3.21. The zero-order valence-corrected chi connectivity index (χ0v) is 14.1. The summed E-state index contributed by atoms with van der Waals surface area (Å²) < 4.78 is 5.24. The Morgan fingerprint density at radius 3 is 2.50 bits per heavy atom. The molecule has 0 aliphatic carbocycles. The Bertz CT molecular complexity index is 899. The normalized spacial score (nSPS) is 10.6. The molecule has 5 heteroatoms. The molecule has 0 fully saturated rings. The summed E-state index contributed by atoms with van der Waals surface area (Å²) in [5.74, 6) is 0.771. The maximum Gasteiger partial charge on any atom is 0.253 e. The van der Waals surface area contributed by atoms with E-state index in [0.29, 0.717) is 12.1 Å². The average Bonchev–Trinajstić information content (AvgIpc) is 2.60. The molecule has 0 atom stereocenters. The molecular weight excluding hydrogens is 302 g/mol. The van der Waals surface area contributed by atoms with Crippen LogP contribution < -0.4 is 20.5 Å². The topological polar surface area (TPSA) is 57.4 Å². The monoisotopic (exact) mass is 323 g/mol. The summed E-state index contributed by atoms with van der Waals surface area (Å²) in [4.78, 5) is 17.2. The summed E-state index contributed by atoms with van der Waals surface area (Å²) in [7, 11) is 5.64. The highest BCUT2D eigenvalue weighted by Gasteiger charge is 2.05. The van der Waals surface area contributed by atoms with E-state index in [4.69, 9.17) is 4.74 Å². The number of aromatic nitrogens is 1. The maximum atomic E-state index is 12.2. The van der Waals surface area contributed by atoms with Gasteiger partial charge >= 0.3 is 0 Å². The Morgan fingerprint density at radius 2 is 1.83 bits per heavy atom. The molecule has 0 spiro atoms. The Morgan fingerprint density at radius 1 is 1.08 bits per heavy atom. The van der Waals surface area contributed by atoms with Crippen molar-refractivity contribution < 1.29 is 4.74 Å². The van der Waals surface area contributed by atoms with E-state index in [1.807, 2.05) is 67.5 Å². The maximum absolute atomic E-state index is 12.2.